The van der Waals surface area contributed by atoms with Crippen LogP contribution in [-0.4, -0.2) is 65.8 Å². The fourth-order valence-electron chi connectivity index (χ4n) is 1.15. The molecule has 0 bridgehead atoms. The lowest BCUT2D eigenvalue weighted by Crippen LogP contribution is -2.41. The first kappa shape index (κ1) is 15.3. The molecule has 0 fully saturated rings. The molecule has 1 atom stereocenters. The van der Waals surface area contributed by atoms with Gasteiger partial charge in [0.15, 0.2) is 0 Å². The lowest BCUT2D eigenvalue weighted by atomic mass is 10.2. The van der Waals surface area contributed by atoms with Crippen LogP contribution in [0.4, 0.5) is 0 Å². The number of carbonyl (C=O) groups excluding carboxylic acids is 1. The van der Waals surface area contributed by atoms with E-state index >= 15 is 0 Å². The van der Waals surface area contributed by atoms with Crippen molar-refractivity contribution in [3.05, 3.63) is 0 Å². The van der Waals surface area contributed by atoms with Crippen LogP contribution in [0.1, 0.15) is 6.42 Å². The van der Waals surface area contributed by atoms with E-state index in [1.54, 1.807) is 0 Å². The summed E-state index contributed by atoms with van der Waals surface area (Å²) in [4.78, 5) is 33.3. The van der Waals surface area contributed by atoms with E-state index in [2.05, 4.69) is 0 Å². The van der Waals surface area contributed by atoms with E-state index in [1.165, 1.54) is 7.11 Å². The van der Waals surface area contributed by atoms with Gasteiger partial charge in [0.1, 0.15) is 13.1 Å². The highest BCUT2D eigenvalue weighted by Gasteiger charge is 2.22. The molecule has 0 saturated carbocycles. The second-order valence-corrected chi connectivity index (χ2v) is 3.33. The number of carbonyl (C=O) groups is 3. The Labute approximate surface area is 97.9 Å². The number of carboxylic acids is 2. The van der Waals surface area contributed by atoms with Gasteiger partial charge in [0.2, 0.25) is 5.91 Å². The highest BCUT2D eigenvalue weighted by Crippen LogP contribution is 2.01. The van der Waals surface area contributed by atoms with Gasteiger partial charge in [0.05, 0.1) is 12.5 Å². The number of hydrogen-bond donors (Lipinski definition) is 3. The number of nitrogens with two attached hydrogens (primary N) is 1. The maximum atomic E-state index is 11.6. The third kappa shape index (κ3) is 6.48. The van der Waals surface area contributed by atoms with Crippen molar-refractivity contribution >= 4 is 17.8 Å². The summed E-state index contributed by atoms with van der Waals surface area (Å²) in [6.07, 6.45) is -0.694. The van der Waals surface area contributed by atoms with E-state index < -0.39 is 37.0 Å². The minimum Gasteiger partial charge on any atom is -0.480 e. The molecule has 0 aromatic carbocycles. The summed E-state index contributed by atoms with van der Waals surface area (Å²) < 4.78 is 4.86. The van der Waals surface area contributed by atoms with Crippen molar-refractivity contribution < 1.29 is 29.3 Å². The maximum absolute atomic E-state index is 11.6. The first-order valence-corrected chi connectivity index (χ1v) is 4.85. The Hall–Kier alpha value is -1.67. The van der Waals surface area contributed by atoms with Gasteiger partial charge in [-0.1, -0.05) is 0 Å². The molecule has 4 N–H and O–H groups in total. The average Bonchev–Trinajstić information content (AvgIpc) is 2.23. The highest BCUT2D eigenvalue weighted by atomic mass is 16.5. The molecule has 98 valence electrons. The standard InChI is InChI=1S/C9H16N2O6/c1-17-6(3-10)2-7(12)11(4-8(13)14)5-9(15)16/h6H,2-5,10H2,1H3,(H,13,14)(H,15,16). The van der Waals surface area contributed by atoms with Crippen molar-refractivity contribution in [2.45, 2.75) is 12.5 Å². The van der Waals surface area contributed by atoms with Crippen molar-refractivity contribution in [3.8, 4) is 0 Å². The summed E-state index contributed by atoms with van der Waals surface area (Å²) in [5.41, 5.74) is 5.31. The Bertz CT molecular complexity index is 273. The molecule has 0 aromatic heterocycles. The van der Waals surface area contributed by atoms with Gasteiger partial charge >= 0.3 is 11.9 Å². The van der Waals surface area contributed by atoms with Gasteiger partial charge in [-0.2, -0.15) is 0 Å². The summed E-state index contributed by atoms with van der Waals surface area (Å²) in [6.45, 7) is -1.23. The smallest absolute Gasteiger partial charge is 0.323 e. The van der Waals surface area contributed by atoms with Gasteiger partial charge in [-0.25, -0.2) is 0 Å². The van der Waals surface area contributed by atoms with Crippen LogP contribution < -0.4 is 5.73 Å². The molecule has 0 spiro atoms. The van der Waals surface area contributed by atoms with Crippen molar-refractivity contribution in [1.29, 1.82) is 0 Å². The van der Waals surface area contributed by atoms with Gasteiger partial charge in [-0.05, 0) is 0 Å². The summed E-state index contributed by atoms with van der Waals surface area (Å²) in [5.74, 6) is -3.17. The second-order valence-electron chi connectivity index (χ2n) is 3.33. The van der Waals surface area contributed by atoms with E-state index in [4.69, 9.17) is 20.7 Å². The Morgan fingerprint density at radius 1 is 1.24 bits per heavy atom. The van der Waals surface area contributed by atoms with Gasteiger partial charge < -0.3 is 25.6 Å². The second kappa shape index (κ2) is 7.58. The molecule has 0 aromatic rings. The predicted octanol–water partition coefficient (Wildman–Crippen LogP) is -1.65. The minimum absolute atomic E-state index is 0.0935. The average molecular weight is 248 g/mol. The fraction of sp³-hybridized carbons (Fsp3) is 0.667. The topological polar surface area (TPSA) is 130 Å². The van der Waals surface area contributed by atoms with Crippen LogP contribution in [0.2, 0.25) is 0 Å². The number of aliphatic carboxylic acids is 2. The van der Waals surface area contributed by atoms with E-state index in [9.17, 15) is 14.4 Å². The first-order chi connectivity index (χ1) is 7.90. The van der Waals surface area contributed by atoms with Crippen LogP contribution in [-0.2, 0) is 19.1 Å². The number of rotatable bonds is 8. The SMILES string of the molecule is COC(CN)CC(=O)N(CC(=O)O)CC(=O)O. The molecular weight excluding hydrogens is 232 g/mol. The number of hydrogen-bond acceptors (Lipinski definition) is 5. The molecule has 17 heavy (non-hydrogen) atoms. The number of methoxy groups -OCH3 is 1. The fourth-order valence-corrected chi connectivity index (χ4v) is 1.15. The molecule has 0 aliphatic rings. The van der Waals surface area contributed by atoms with E-state index in [1.807, 2.05) is 0 Å². The van der Waals surface area contributed by atoms with Crippen molar-refractivity contribution in [1.82, 2.24) is 4.90 Å². The van der Waals surface area contributed by atoms with Crippen molar-refractivity contribution in [2.24, 2.45) is 5.73 Å². The Morgan fingerprint density at radius 3 is 2.00 bits per heavy atom. The van der Waals surface area contributed by atoms with Crippen LogP contribution in [0.15, 0.2) is 0 Å². The molecule has 0 aliphatic heterocycles. The van der Waals surface area contributed by atoms with Crippen LogP contribution >= 0.6 is 0 Å². The minimum atomic E-state index is -1.28. The number of ether oxygens (including phenoxy) is 1. The molecule has 8 nitrogen and oxygen atoms in total. The zero-order chi connectivity index (χ0) is 13.4. The molecular formula is C9H16N2O6. The quantitative estimate of drug-likeness (QED) is 0.469. The molecule has 8 heteroatoms. The van der Waals surface area contributed by atoms with Crippen LogP contribution in [0.5, 0.6) is 0 Å². The van der Waals surface area contributed by atoms with Gasteiger partial charge in [-0.15, -0.1) is 0 Å². The molecule has 0 heterocycles. The Balaban J connectivity index is 4.50. The monoisotopic (exact) mass is 248 g/mol. The van der Waals surface area contributed by atoms with Crippen LogP contribution in [0.25, 0.3) is 0 Å². The van der Waals surface area contributed by atoms with Gasteiger partial charge in [0, 0.05) is 13.7 Å². The van der Waals surface area contributed by atoms with Crippen LogP contribution in [0, 0.1) is 0 Å². The lowest BCUT2D eigenvalue weighted by molar-refractivity contribution is -0.150. The number of nitrogens with zero attached hydrogens (tertiary/aromatic N) is 1. The predicted molar refractivity (Wildman–Crippen MR) is 56.3 cm³/mol. The maximum Gasteiger partial charge on any atom is 0.323 e. The molecule has 1 amide bonds. The van der Waals surface area contributed by atoms with Gasteiger partial charge in [-0.3, -0.25) is 14.4 Å². The molecule has 0 saturated heterocycles. The number of carboxylic acid groups (broad SMARTS) is 2. The molecule has 0 radical (unpaired) electrons. The zero-order valence-electron chi connectivity index (χ0n) is 9.46. The Morgan fingerprint density at radius 2 is 1.71 bits per heavy atom. The van der Waals surface area contributed by atoms with E-state index in [0.717, 1.165) is 4.90 Å². The normalized spacial score (nSPS) is 11.9. The molecule has 0 aliphatic carbocycles. The van der Waals surface area contributed by atoms with Gasteiger partial charge in [0.25, 0.3) is 0 Å². The summed E-state index contributed by atoms with van der Waals surface area (Å²) in [6, 6.07) is 0. The molecule has 1 unspecified atom stereocenters. The third-order valence-electron chi connectivity index (χ3n) is 2.00. The zero-order valence-corrected chi connectivity index (χ0v) is 9.46. The molecule has 0 rings (SSSR count). The van der Waals surface area contributed by atoms with Crippen molar-refractivity contribution in [3.63, 3.8) is 0 Å². The largest absolute Gasteiger partial charge is 0.480 e. The summed E-state index contributed by atoms with van der Waals surface area (Å²) >= 11 is 0. The number of amides is 1. The third-order valence-corrected chi connectivity index (χ3v) is 2.00. The lowest BCUT2D eigenvalue weighted by Gasteiger charge is -2.21. The Kier molecular flexibility index (Phi) is 6.83. The van der Waals surface area contributed by atoms with E-state index in [0.29, 0.717) is 0 Å². The first-order valence-electron chi connectivity index (χ1n) is 4.85. The highest BCUT2D eigenvalue weighted by molar-refractivity contribution is 5.85. The summed E-state index contributed by atoms with van der Waals surface area (Å²) in [7, 11) is 1.36. The van der Waals surface area contributed by atoms with Crippen molar-refractivity contribution in [2.75, 3.05) is 26.7 Å². The van der Waals surface area contributed by atoms with E-state index in [-0.39, 0.29) is 13.0 Å². The van der Waals surface area contributed by atoms with Crippen LogP contribution in [0.3, 0.4) is 0 Å². The summed E-state index contributed by atoms with van der Waals surface area (Å²) in [5, 5.41) is 17.1.